The predicted octanol–water partition coefficient (Wildman–Crippen LogP) is 2.96. The molecule has 0 fully saturated rings. The van der Waals surface area contributed by atoms with Crippen molar-refractivity contribution in [2.45, 2.75) is 115 Å². The monoisotopic (exact) mass is 457 g/mol. The molecule has 0 aliphatic rings. The molecule has 9 nitrogen and oxygen atoms in total. The molecule has 0 spiro atoms. The summed E-state index contributed by atoms with van der Waals surface area (Å²) < 4.78 is 0. The Kier molecular flexibility index (Phi) is 18.2. The van der Waals surface area contributed by atoms with Gasteiger partial charge in [-0.05, 0) is 32.1 Å². The zero-order chi connectivity index (χ0) is 24.2. The minimum absolute atomic E-state index is 0.0100. The van der Waals surface area contributed by atoms with Crippen LogP contribution in [-0.2, 0) is 19.2 Å². The van der Waals surface area contributed by atoms with E-state index in [0.29, 0.717) is 32.2 Å². The van der Waals surface area contributed by atoms with Crippen LogP contribution >= 0.6 is 0 Å². The quantitative estimate of drug-likeness (QED) is 0.166. The number of carbonyl (C=O) groups excluding carboxylic acids is 2. The van der Waals surface area contributed by atoms with Crippen molar-refractivity contribution < 1.29 is 29.4 Å². The van der Waals surface area contributed by atoms with E-state index in [4.69, 9.17) is 10.8 Å². The Morgan fingerprint density at radius 3 is 1.88 bits per heavy atom. The molecule has 0 heterocycles. The number of carboxylic acids is 2. The fourth-order valence-electron chi connectivity index (χ4n) is 3.32. The smallest absolute Gasteiger partial charge is 0.326 e. The molecule has 6 N–H and O–H groups in total. The summed E-state index contributed by atoms with van der Waals surface area (Å²) in [5.74, 6) is -2.79. The number of aliphatic carboxylic acids is 2. The minimum atomic E-state index is -1.15. The minimum Gasteiger partial charge on any atom is -0.480 e. The van der Waals surface area contributed by atoms with Gasteiger partial charge in [0.25, 0.3) is 0 Å². The van der Waals surface area contributed by atoms with Crippen molar-refractivity contribution in [2.24, 2.45) is 5.73 Å². The zero-order valence-electron chi connectivity index (χ0n) is 19.6. The lowest BCUT2D eigenvalue weighted by atomic mass is 10.1. The maximum Gasteiger partial charge on any atom is 0.326 e. The molecule has 0 saturated carbocycles. The molecule has 0 bridgehead atoms. The SMILES string of the molecule is CCCCCCCCCCCC(=O)N[C@H](CCC(=O)NCCCC[C@H](N)C(=O)O)C(=O)O. The topological polar surface area (TPSA) is 159 Å². The summed E-state index contributed by atoms with van der Waals surface area (Å²) in [5, 5.41) is 23.2. The van der Waals surface area contributed by atoms with Gasteiger partial charge in [-0.15, -0.1) is 0 Å². The van der Waals surface area contributed by atoms with Gasteiger partial charge in [-0.25, -0.2) is 4.79 Å². The molecule has 0 saturated heterocycles. The third kappa shape index (κ3) is 17.5. The van der Waals surface area contributed by atoms with E-state index in [2.05, 4.69) is 17.6 Å². The second-order valence-corrected chi connectivity index (χ2v) is 8.37. The lowest BCUT2D eigenvalue weighted by Crippen LogP contribution is -2.41. The number of nitrogens with two attached hydrogens (primary N) is 1. The number of nitrogens with one attached hydrogen (secondary N) is 2. The summed E-state index contributed by atoms with van der Waals surface area (Å²) in [6.07, 6.45) is 12.1. The first kappa shape index (κ1) is 29.8. The molecule has 2 atom stereocenters. The summed E-state index contributed by atoms with van der Waals surface area (Å²) >= 11 is 0. The Bertz CT molecular complexity index is 556. The van der Waals surface area contributed by atoms with Gasteiger partial charge in [0.1, 0.15) is 12.1 Å². The first-order valence-electron chi connectivity index (χ1n) is 12.0. The van der Waals surface area contributed by atoms with Crippen molar-refractivity contribution in [1.29, 1.82) is 0 Å². The Hall–Kier alpha value is -2.16. The zero-order valence-corrected chi connectivity index (χ0v) is 19.6. The van der Waals surface area contributed by atoms with Gasteiger partial charge in [0.05, 0.1) is 0 Å². The second kappa shape index (κ2) is 19.5. The van der Waals surface area contributed by atoms with Crippen LogP contribution in [0.3, 0.4) is 0 Å². The van der Waals surface area contributed by atoms with Gasteiger partial charge in [-0.2, -0.15) is 0 Å². The van der Waals surface area contributed by atoms with Crippen LogP contribution in [0.2, 0.25) is 0 Å². The van der Waals surface area contributed by atoms with E-state index < -0.39 is 24.0 Å². The van der Waals surface area contributed by atoms with Crippen molar-refractivity contribution in [3.05, 3.63) is 0 Å². The van der Waals surface area contributed by atoms with Crippen molar-refractivity contribution in [1.82, 2.24) is 10.6 Å². The molecule has 2 amide bonds. The van der Waals surface area contributed by atoms with Gasteiger partial charge in [0, 0.05) is 19.4 Å². The maximum atomic E-state index is 12.0. The third-order valence-electron chi connectivity index (χ3n) is 5.38. The van der Waals surface area contributed by atoms with Crippen molar-refractivity contribution in [2.75, 3.05) is 6.54 Å². The molecule has 186 valence electrons. The van der Waals surface area contributed by atoms with Crippen molar-refractivity contribution in [3.8, 4) is 0 Å². The first-order chi connectivity index (χ1) is 15.3. The van der Waals surface area contributed by atoms with Gasteiger partial charge in [-0.3, -0.25) is 14.4 Å². The molecule has 0 radical (unpaired) electrons. The van der Waals surface area contributed by atoms with Gasteiger partial charge >= 0.3 is 11.9 Å². The number of hydrogen-bond donors (Lipinski definition) is 5. The summed E-state index contributed by atoms with van der Waals surface area (Å²) in [7, 11) is 0. The number of carbonyl (C=O) groups is 4. The fraction of sp³-hybridized carbons (Fsp3) is 0.826. The number of unbranched alkanes of at least 4 members (excludes halogenated alkanes) is 9. The number of amides is 2. The molecule has 0 aromatic heterocycles. The lowest BCUT2D eigenvalue weighted by molar-refractivity contribution is -0.142. The van der Waals surface area contributed by atoms with Crippen LogP contribution in [0.25, 0.3) is 0 Å². The molecule has 32 heavy (non-hydrogen) atoms. The summed E-state index contributed by atoms with van der Waals surface area (Å²) in [6, 6.07) is -1.98. The molecule has 0 aromatic rings. The summed E-state index contributed by atoms with van der Waals surface area (Å²) in [6.45, 7) is 2.56. The second-order valence-electron chi connectivity index (χ2n) is 8.37. The molecule has 0 unspecified atom stereocenters. The molecular formula is C23H43N3O6. The Morgan fingerprint density at radius 2 is 1.31 bits per heavy atom. The molecule has 9 heteroatoms. The average Bonchev–Trinajstić information content (AvgIpc) is 2.74. The van der Waals surface area contributed by atoms with E-state index in [1.54, 1.807) is 0 Å². The number of hydrogen-bond acceptors (Lipinski definition) is 5. The van der Waals surface area contributed by atoms with Gasteiger partial charge < -0.3 is 26.6 Å². The largest absolute Gasteiger partial charge is 0.480 e. The highest BCUT2D eigenvalue weighted by Crippen LogP contribution is 2.10. The van der Waals surface area contributed by atoms with Gasteiger partial charge in [-0.1, -0.05) is 58.3 Å². The lowest BCUT2D eigenvalue weighted by Gasteiger charge is -2.14. The number of carboxylic acid groups (broad SMARTS) is 2. The van der Waals surface area contributed by atoms with E-state index in [0.717, 1.165) is 19.3 Å². The van der Waals surface area contributed by atoms with E-state index >= 15 is 0 Å². The van der Waals surface area contributed by atoms with E-state index in [1.165, 1.54) is 38.5 Å². The molecule has 0 aliphatic carbocycles. The molecule has 0 rings (SSSR count). The molecule has 0 aliphatic heterocycles. The van der Waals surface area contributed by atoms with Crippen LogP contribution in [0.4, 0.5) is 0 Å². The average molecular weight is 458 g/mol. The van der Waals surface area contributed by atoms with Gasteiger partial charge in [0.2, 0.25) is 11.8 Å². The Balaban J connectivity index is 3.89. The molecule has 0 aromatic carbocycles. The van der Waals surface area contributed by atoms with Gasteiger partial charge in [0.15, 0.2) is 0 Å². The summed E-state index contributed by atoms with van der Waals surface area (Å²) in [4.78, 5) is 45.9. The fourth-order valence-corrected chi connectivity index (χ4v) is 3.32. The van der Waals surface area contributed by atoms with Crippen molar-refractivity contribution >= 4 is 23.8 Å². The first-order valence-corrected chi connectivity index (χ1v) is 12.0. The predicted molar refractivity (Wildman–Crippen MR) is 123 cm³/mol. The van der Waals surface area contributed by atoms with Crippen LogP contribution < -0.4 is 16.4 Å². The van der Waals surface area contributed by atoms with Crippen LogP contribution in [-0.4, -0.2) is 52.6 Å². The normalized spacial score (nSPS) is 12.7. The number of rotatable bonds is 21. The van der Waals surface area contributed by atoms with E-state index in [1.807, 2.05) is 0 Å². The maximum absolute atomic E-state index is 12.0. The highest BCUT2D eigenvalue weighted by Gasteiger charge is 2.20. The molecular weight excluding hydrogens is 414 g/mol. The van der Waals surface area contributed by atoms with Crippen LogP contribution in [0.1, 0.15) is 103 Å². The van der Waals surface area contributed by atoms with Crippen molar-refractivity contribution in [3.63, 3.8) is 0 Å². The third-order valence-corrected chi connectivity index (χ3v) is 5.38. The highest BCUT2D eigenvalue weighted by molar-refractivity contribution is 5.84. The van der Waals surface area contributed by atoms with Crippen LogP contribution in [0, 0.1) is 0 Å². The van der Waals surface area contributed by atoms with E-state index in [-0.39, 0.29) is 24.7 Å². The standard InChI is InChI=1S/C23H43N3O6/c1-2-3-4-5-6-7-8-9-10-14-21(28)26-19(23(31)32)15-16-20(27)25-17-12-11-13-18(24)22(29)30/h18-19H,2-17,24H2,1H3,(H,25,27)(H,26,28)(H,29,30)(H,31,32)/t18-,19+/m0/s1. The summed E-state index contributed by atoms with van der Waals surface area (Å²) in [5.41, 5.74) is 5.40. The van der Waals surface area contributed by atoms with E-state index in [9.17, 15) is 24.3 Å². The van der Waals surface area contributed by atoms with Crippen LogP contribution in [0.15, 0.2) is 0 Å². The van der Waals surface area contributed by atoms with Crippen LogP contribution in [0.5, 0.6) is 0 Å². The Labute approximate surface area is 191 Å². The highest BCUT2D eigenvalue weighted by atomic mass is 16.4. The Morgan fingerprint density at radius 1 is 0.719 bits per heavy atom.